The lowest BCUT2D eigenvalue weighted by molar-refractivity contribution is -0.128. The van der Waals surface area contributed by atoms with Crippen LogP contribution in [-0.2, 0) is 22.6 Å². The van der Waals surface area contributed by atoms with Gasteiger partial charge in [-0.2, -0.15) is 0 Å². The molecule has 6 aromatic rings. The predicted molar refractivity (Wildman–Crippen MR) is 282 cm³/mol. The fourth-order valence-electron chi connectivity index (χ4n) is 8.20. The van der Waals surface area contributed by atoms with Crippen LogP contribution in [0.15, 0.2) is 117 Å². The topological polar surface area (TPSA) is 169 Å². The molecule has 4 amide bonds. The molecule has 0 unspecified atom stereocenters. The Morgan fingerprint density at radius 1 is 0.662 bits per heavy atom. The number of nitrogens with one attached hydrogen (secondary N) is 2. The van der Waals surface area contributed by atoms with Gasteiger partial charge in [0.25, 0.3) is 11.8 Å². The SMILES string of the molecule is C=CC(=O)N1CCN(C(=O)c2cc(Sc3cnc(Nc4cc(Cc5cc(OC)c(C(=O)N6CCN(C(=O)C=C)CC6)cc5Sc5cnc(Nc6ccc(CN(C)C)cn6)s5)ccn4)s3)c(C)cc2C)CC1. The molecule has 0 radical (unpaired) electrons. The van der Waals surface area contributed by atoms with Crippen LogP contribution in [-0.4, -0.2) is 142 Å². The molecule has 4 aromatic heterocycles. The molecule has 16 nitrogen and oxygen atoms in total. The summed E-state index contributed by atoms with van der Waals surface area (Å²) in [6, 6.07) is 15.8. The van der Waals surface area contributed by atoms with Gasteiger partial charge in [-0.15, -0.1) is 0 Å². The third-order valence-corrected chi connectivity index (χ3v) is 16.2. The van der Waals surface area contributed by atoms with Gasteiger partial charge in [-0.25, -0.2) is 19.9 Å². The first-order chi connectivity index (χ1) is 34.3. The number of carbonyl (C=O) groups is 4. The normalized spacial score (nSPS) is 13.8. The monoisotopic (exact) mass is 1030 g/mol. The third kappa shape index (κ3) is 12.7. The van der Waals surface area contributed by atoms with E-state index in [0.29, 0.717) is 97.6 Å². The van der Waals surface area contributed by atoms with Crippen LogP contribution in [0.2, 0.25) is 0 Å². The number of aryl methyl sites for hydroxylation is 2. The van der Waals surface area contributed by atoms with Crippen LogP contribution in [0.5, 0.6) is 5.75 Å². The molecule has 0 spiro atoms. The quantitative estimate of drug-likeness (QED) is 0.0836. The van der Waals surface area contributed by atoms with E-state index < -0.39 is 0 Å². The molecule has 368 valence electrons. The van der Waals surface area contributed by atoms with Crippen LogP contribution in [0.25, 0.3) is 0 Å². The van der Waals surface area contributed by atoms with Crippen LogP contribution in [0.3, 0.4) is 0 Å². The van der Waals surface area contributed by atoms with E-state index in [0.717, 1.165) is 52.6 Å². The van der Waals surface area contributed by atoms with Crippen molar-refractivity contribution in [3.05, 3.63) is 138 Å². The summed E-state index contributed by atoms with van der Waals surface area (Å²) in [5, 5.41) is 8.07. The molecule has 2 aromatic carbocycles. The Balaban J connectivity index is 0.989. The zero-order valence-corrected chi connectivity index (χ0v) is 43.5. The standard InChI is InChI=1S/C51H55N11O5S4/c1-8-44(63)59-14-18-61(19-15-59)48(65)37-26-40(33(4)22-32(37)3)68-46-29-55-51(70-46)57-43-24-34(12-13-52-43)23-36-25-39(67-7)38(49(66)62-20-16-60(17-21-62)45(64)9-2)27-41(36)69-47-30-54-50(71-47)56-42-11-10-35(28-53-42)31-58(5)6/h8-13,22,24-30H,1-2,14-21,23,31H2,3-7H3,(H,52,55,57)(H,53,54,56). The number of amides is 4. The molecule has 0 aliphatic carbocycles. The summed E-state index contributed by atoms with van der Waals surface area (Å²) >= 11 is 6.06. The Hall–Kier alpha value is -6.58. The van der Waals surface area contributed by atoms with E-state index in [1.165, 1.54) is 46.6 Å². The van der Waals surface area contributed by atoms with E-state index in [1.807, 2.05) is 100.0 Å². The lowest BCUT2D eigenvalue weighted by Gasteiger charge is -2.34. The average Bonchev–Trinajstić information content (AvgIpc) is 4.03. The van der Waals surface area contributed by atoms with E-state index in [-0.39, 0.29) is 23.6 Å². The Bertz CT molecular complexity index is 2940. The molecule has 2 aliphatic heterocycles. The first kappa shape index (κ1) is 50.8. The highest BCUT2D eigenvalue weighted by Gasteiger charge is 2.28. The summed E-state index contributed by atoms with van der Waals surface area (Å²) in [7, 11) is 5.61. The van der Waals surface area contributed by atoms with E-state index >= 15 is 0 Å². The number of carbonyl (C=O) groups excluding carboxylic acids is 4. The minimum Gasteiger partial charge on any atom is -0.496 e. The van der Waals surface area contributed by atoms with E-state index in [2.05, 4.69) is 48.6 Å². The van der Waals surface area contributed by atoms with Crippen molar-refractivity contribution in [3.63, 3.8) is 0 Å². The lowest BCUT2D eigenvalue weighted by atomic mass is 10.0. The molecule has 2 fully saturated rings. The van der Waals surface area contributed by atoms with Crippen molar-refractivity contribution in [2.24, 2.45) is 0 Å². The van der Waals surface area contributed by atoms with Gasteiger partial charge in [-0.3, -0.25) is 19.2 Å². The van der Waals surface area contributed by atoms with Gasteiger partial charge in [0.1, 0.15) is 17.4 Å². The number of hydrogen-bond donors (Lipinski definition) is 2. The molecular formula is C51H55N11O5S4. The predicted octanol–water partition coefficient (Wildman–Crippen LogP) is 8.40. The molecule has 8 rings (SSSR count). The van der Waals surface area contributed by atoms with Gasteiger partial charge in [-0.1, -0.05) is 71.5 Å². The van der Waals surface area contributed by atoms with Gasteiger partial charge in [0, 0.05) is 86.7 Å². The Morgan fingerprint density at radius 3 is 1.79 bits per heavy atom. The van der Waals surface area contributed by atoms with Crippen molar-refractivity contribution in [1.29, 1.82) is 0 Å². The number of pyridine rings is 2. The molecular weight excluding hydrogens is 975 g/mol. The van der Waals surface area contributed by atoms with Gasteiger partial charge >= 0.3 is 0 Å². The highest BCUT2D eigenvalue weighted by atomic mass is 32.2. The second-order valence-corrected chi connectivity index (χ2v) is 21.9. The van der Waals surface area contributed by atoms with Crippen LogP contribution < -0.4 is 15.4 Å². The highest BCUT2D eigenvalue weighted by molar-refractivity contribution is 8.01. The second-order valence-electron chi connectivity index (χ2n) is 17.2. The smallest absolute Gasteiger partial charge is 0.257 e. The molecule has 6 heterocycles. The van der Waals surface area contributed by atoms with E-state index in [9.17, 15) is 19.2 Å². The number of ether oxygens (including phenoxy) is 1. The Labute approximate surface area is 430 Å². The summed E-state index contributed by atoms with van der Waals surface area (Å²) in [4.78, 5) is 81.8. The summed E-state index contributed by atoms with van der Waals surface area (Å²) in [6.07, 6.45) is 10.4. The van der Waals surface area contributed by atoms with Crippen molar-refractivity contribution in [3.8, 4) is 5.75 Å². The van der Waals surface area contributed by atoms with Crippen molar-refractivity contribution in [2.75, 3.05) is 84.2 Å². The molecule has 20 heteroatoms. The van der Waals surface area contributed by atoms with Crippen molar-refractivity contribution >= 4 is 91.7 Å². The van der Waals surface area contributed by atoms with Crippen LogP contribution >= 0.6 is 46.2 Å². The molecule has 0 saturated carbocycles. The number of methoxy groups -OCH3 is 1. The first-order valence-corrected chi connectivity index (χ1v) is 26.1. The molecule has 71 heavy (non-hydrogen) atoms. The summed E-state index contributed by atoms with van der Waals surface area (Å²) in [6.45, 7) is 15.5. The first-order valence-electron chi connectivity index (χ1n) is 22.9. The minimum absolute atomic E-state index is 0.0457. The van der Waals surface area contributed by atoms with Gasteiger partial charge in [0.05, 0.1) is 33.5 Å². The highest BCUT2D eigenvalue weighted by Crippen LogP contribution is 2.41. The number of hydrogen-bond acceptors (Lipinski definition) is 16. The maximum Gasteiger partial charge on any atom is 0.257 e. The largest absolute Gasteiger partial charge is 0.496 e. The number of piperazine rings is 2. The van der Waals surface area contributed by atoms with Gasteiger partial charge in [-0.05, 0) is 111 Å². The average molecular weight is 1030 g/mol. The Kier molecular flexibility index (Phi) is 16.5. The van der Waals surface area contributed by atoms with Crippen LogP contribution in [0.1, 0.15) is 48.5 Å². The van der Waals surface area contributed by atoms with Gasteiger partial charge in [0.15, 0.2) is 10.3 Å². The van der Waals surface area contributed by atoms with Crippen LogP contribution in [0, 0.1) is 13.8 Å². The lowest BCUT2D eigenvalue weighted by Crippen LogP contribution is -2.50. The number of nitrogens with zero attached hydrogens (tertiary/aromatic N) is 9. The molecule has 0 atom stereocenters. The fraction of sp³-hybridized carbons (Fsp3) is 0.294. The molecule has 2 aliphatic rings. The van der Waals surface area contributed by atoms with E-state index in [1.54, 1.807) is 39.8 Å². The second kappa shape index (κ2) is 23.1. The van der Waals surface area contributed by atoms with Crippen LogP contribution in [0.4, 0.5) is 21.9 Å². The third-order valence-electron chi connectivity index (χ3n) is 11.9. The number of thiazole rings is 2. The number of rotatable bonds is 17. The zero-order chi connectivity index (χ0) is 50.2. The summed E-state index contributed by atoms with van der Waals surface area (Å²) in [5.74, 6) is 1.27. The molecule has 2 saturated heterocycles. The maximum absolute atomic E-state index is 14.2. The zero-order valence-electron chi connectivity index (χ0n) is 40.3. The van der Waals surface area contributed by atoms with Gasteiger partial charge < -0.3 is 39.9 Å². The molecule has 0 bridgehead atoms. The number of benzene rings is 2. The summed E-state index contributed by atoms with van der Waals surface area (Å²) in [5.41, 5.74) is 6.05. The number of aromatic nitrogens is 4. The Morgan fingerprint density at radius 2 is 1.23 bits per heavy atom. The van der Waals surface area contributed by atoms with Crippen molar-refractivity contribution in [2.45, 2.75) is 45.0 Å². The van der Waals surface area contributed by atoms with Crippen molar-refractivity contribution in [1.82, 2.24) is 44.4 Å². The fourth-order valence-corrected chi connectivity index (χ4v) is 12.1. The van der Waals surface area contributed by atoms with E-state index in [4.69, 9.17) is 4.74 Å². The van der Waals surface area contributed by atoms with Crippen molar-refractivity contribution < 1.29 is 23.9 Å². The maximum atomic E-state index is 14.2. The summed E-state index contributed by atoms with van der Waals surface area (Å²) < 4.78 is 7.76. The van der Waals surface area contributed by atoms with Gasteiger partial charge in [0.2, 0.25) is 11.8 Å². The number of anilines is 4. The molecule has 2 N–H and O–H groups in total. The minimum atomic E-state index is -0.173.